The van der Waals surface area contributed by atoms with Crippen LogP contribution in [-0.4, -0.2) is 14.8 Å². The van der Waals surface area contributed by atoms with Gasteiger partial charge in [-0.2, -0.15) is 5.10 Å². The van der Waals surface area contributed by atoms with Gasteiger partial charge >= 0.3 is 0 Å². The normalized spacial score (nSPS) is 10.5. The van der Waals surface area contributed by atoms with Gasteiger partial charge in [0.1, 0.15) is 5.82 Å². The molecule has 0 aromatic carbocycles. The van der Waals surface area contributed by atoms with Gasteiger partial charge in [-0.1, -0.05) is 11.6 Å². The van der Waals surface area contributed by atoms with E-state index in [9.17, 15) is 0 Å². The van der Waals surface area contributed by atoms with Crippen molar-refractivity contribution in [1.29, 1.82) is 0 Å². The van der Waals surface area contributed by atoms with Gasteiger partial charge in [0.05, 0.1) is 22.1 Å². The van der Waals surface area contributed by atoms with Gasteiger partial charge in [0.25, 0.3) is 0 Å². The van der Waals surface area contributed by atoms with Crippen LogP contribution in [0.15, 0.2) is 18.3 Å². The fraction of sp³-hybridized carbons (Fsp3) is 0.200. The van der Waals surface area contributed by atoms with Crippen LogP contribution in [0.2, 0.25) is 5.02 Å². The Bertz CT molecular complexity index is 520. The first-order valence-corrected chi connectivity index (χ1v) is 5.16. The highest BCUT2D eigenvalue weighted by Crippen LogP contribution is 2.22. The Morgan fingerprint density at radius 3 is 2.75 bits per heavy atom. The van der Waals surface area contributed by atoms with Crippen molar-refractivity contribution in [3.8, 4) is 5.69 Å². The molecule has 2 aromatic heterocycles. The third-order valence-corrected chi connectivity index (χ3v) is 2.89. The van der Waals surface area contributed by atoms with Crippen LogP contribution < -0.4 is 11.3 Å². The second-order valence-electron chi connectivity index (χ2n) is 3.44. The molecule has 5 nitrogen and oxygen atoms in total. The molecule has 16 heavy (non-hydrogen) atoms. The number of halogens is 1. The molecule has 6 heteroatoms. The Morgan fingerprint density at radius 2 is 2.19 bits per heavy atom. The minimum atomic E-state index is 0.584. The topological polar surface area (TPSA) is 68.8 Å². The van der Waals surface area contributed by atoms with Gasteiger partial charge in [0, 0.05) is 12.3 Å². The van der Waals surface area contributed by atoms with Crippen LogP contribution in [0.4, 0.5) is 5.82 Å². The molecule has 0 spiro atoms. The van der Waals surface area contributed by atoms with Gasteiger partial charge in [-0.25, -0.2) is 15.5 Å². The molecule has 0 aliphatic carbocycles. The van der Waals surface area contributed by atoms with Gasteiger partial charge in [-0.3, -0.25) is 0 Å². The monoisotopic (exact) mass is 237 g/mol. The molecule has 0 saturated carbocycles. The smallest absolute Gasteiger partial charge is 0.142 e. The third kappa shape index (κ3) is 1.75. The van der Waals surface area contributed by atoms with Crippen molar-refractivity contribution in [1.82, 2.24) is 14.8 Å². The summed E-state index contributed by atoms with van der Waals surface area (Å²) in [5, 5.41) is 5.02. The molecule has 0 saturated heterocycles. The predicted molar refractivity (Wildman–Crippen MR) is 63.7 cm³/mol. The molecule has 0 unspecified atom stereocenters. The summed E-state index contributed by atoms with van der Waals surface area (Å²) in [5.41, 5.74) is 5.06. The SMILES string of the molecule is Cc1nn(-c2ccnc(NN)c2)c(C)c1Cl. The second-order valence-corrected chi connectivity index (χ2v) is 3.82. The lowest BCUT2D eigenvalue weighted by Gasteiger charge is -2.05. The summed E-state index contributed by atoms with van der Waals surface area (Å²) >= 11 is 6.08. The van der Waals surface area contributed by atoms with Crippen LogP contribution in [0.3, 0.4) is 0 Å². The van der Waals surface area contributed by atoms with Crippen molar-refractivity contribution in [2.45, 2.75) is 13.8 Å². The zero-order valence-corrected chi connectivity index (χ0v) is 9.78. The summed E-state index contributed by atoms with van der Waals surface area (Å²) in [6.07, 6.45) is 1.66. The summed E-state index contributed by atoms with van der Waals surface area (Å²) in [6.45, 7) is 3.79. The average molecular weight is 238 g/mol. The van der Waals surface area contributed by atoms with Crippen molar-refractivity contribution in [3.05, 3.63) is 34.7 Å². The Balaban J connectivity index is 2.54. The standard InChI is InChI=1S/C10H12ClN5/c1-6-10(11)7(2)16(15-6)8-3-4-13-9(5-8)14-12/h3-5H,12H2,1-2H3,(H,13,14). The number of nitrogen functional groups attached to an aromatic ring is 1. The van der Waals surface area contributed by atoms with E-state index in [1.165, 1.54) is 0 Å². The first kappa shape index (κ1) is 10.9. The van der Waals surface area contributed by atoms with E-state index in [1.807, 2.05) is 19.9 Å². The zero-order chi connectivity index (χ0) is 11.7. The number of pyridine rings is 1. The van der Waals surface area contributed by atoms with E-state index in [-0.39, 0.29) is 0 Å². The summed E-state index contributed by atoms with van der Waals surface area (Å²) < 4.78 is 1.76. The minimum absolute atomic E-state index is 0.584. The maximum absolute atomic E-state index is 6.08. The van der Waals surface area contributed by atoms with E-state index in [2.05, 4.69) is 15.5 Å². The van der Waals surface area contributed by atoms with Gasteiger partial charge in [0.15, 0.2) is 0 Å². The molecule has 0 fully saturated rings. The summed E-state index contributed by atoms with van der Waals surface area (Å²) in [4.78, 5) is 4.03. The quantitative estimate of drug-likeness (QED) is 0.618. The number of hydrazine groups is 1. The lowest BCUT2D eigenvalue weighted by Crippen LogP contribution is -2.09. The number of aromatic nitrogens is 3. The molecule has 0 aliphatic rings. The Kier molecular flexibility index (Phi) is 2.80. The van der Waals surface area contributed by atoms with E-state index in [0.29, 0.717) is 10.8 Å². The van der Waals surface area contributed by atoms with Crippen molar-refractivity contribution in [2.24, 2.45) is 5.84 Å². The van der Waals surface area contributed by atoms with Gasteiger partial charge in [-0.05, 0) is 19.9 Å². The lowest BCUT2D eigenvalue weighted by molar-refractivity contribution is 0.831. The highest BCUT2D eigenvalue weighted by atomic mass is 35.5. The van der Waals surface area contributed by atoms with E-state index in [4.69, 9.17) is 17.4 Å². The van der Waals surface area contributed by atoms with E-state index < -0.39 is 0 Å². The van der Waals surface area contributed by atoms with Crippen molar-refractivity contribution in [2.75, 3.05) is 5.43 Å². The highest BCUT2D eigenvalue weighted by molar-refractivity contribution is 6.31. The molecular formula is C10H12ClN5. The van der Waals surface area contributed by atoms with Crippen molar-refractivity contribution < 1.29 is 0 Å². The lowest BCUT2D eigenvalue weighted by atomic mass is 10.3. The molecule has 0 radical (unpaired) electrons. The molecule has 0 aliphatic heterocycles. The van der Waals surface area contributed by atoms with Crippen molar-refractivity contribution in [3.63, 3.8) is 0 Å². The maximum atomic E-state index is 6.08. The first-order valence-electron chi connectivity index (χ1n) is 4.78. The molecule has 2 rings (SSSR count). The number of nitrogens with one attached hydrogen (secondary N) is 1. The number of rotatable bonds is 2. The van der Waals surface area contributed by atoms with Gasteiger partial charge in [-0.15, -0.1) is 0 Å². The summed E-state index contributed by atoms with van der Waals surface area (Å²) in [7, 11) is 0. The van der Waals surface area contributed by atoms with Crippen molar-refractivity contribution >= 4 is 17.4 Å². The average Bonchev–Trinajstić information content (AvgIpc) is 2.57. The Hall–Kier alpha value is -1.59. The molecule has 0 atom stereocenters. The van der Waals surface area contributed by atoms with Crippen LogP contribution in [0.1, 0.15) is 11.4 Å². The Morgan fingerprint density at radius 1 is 1.44 bits per heavy atom. The van der Waals surface area contributed by atoms with E-state index in [0.717, 1.165) is 17.1 Å². The predicted octanol–water partition coefficient (Wildman–Crippen LogP) is 1.82. The fourth-order valence-corrected chi connectivity index (χ4v) is 1.62. The van der Waals surface area contributed by atoms with Crippen LogP contribution in [0.25, 0.3) is 5.69 Å². The molecule has 0 bridgehead atoms. The zero-order valence-electron chi connectivity index (χ0n) is 9.03. The summed E-state index contributed by atoms with van der Waals surface area (Å²) in [6, 6.07) is 3.65. The number of hydrogen-bond acceptors (Lipinski definition) is 4. The maximum Gasteiger partial charge on any atom is 0.142 e. The summed E-state index contributed by atoms with van der Waals surface area (Å²) in [5.74, 6) is 5.89. The first-order chi connectivity index (χ1) is 7.63. The van der Waals surface area contributed by atoms with E-state index in [1.54, 1.807) is 16.9 Å². The molecule has 2 aromatic rings. The molecule has 0 amide bonds. The molecule has 84 valence electrons. The van der Waals surface area contributed by atoms with Gasteiger partial charge < -0.3 is 5.43 Å². The molecular weight excluding hydrogens is 226 g/mol. The Labute approximate surface area is 98.2 Å². The van der Waals surface area contributed by atoms with E-state index >= 15 is 0 Å². The number of anilines is 1. The second kappa shape index (κ2) is 4.11. The number of nitrogens with zero attached hydrogens (tertiary/aromatic N) is 3. The number of aryl methyl sites for hydroxylation is 1. The van der Waals surface area contributed by atoms with Crippen LogP contribution in [0.5, 0.6) is 0 Å². The fourth-order valence-electron chi connectivity index (χ4n) is 1.51. The minimum Gasteiger partial charge on any atom is -0.308 e. The third-order valence-electron chi connectivity index (χ3n) is 2.34. The largest absolute Gasteiger partial charge is 0.308 e. The molecule has 2 heterocycles. The highest BCUT2D eigenvalue weighted by Gasteiger charge is 2.10. The van der Waals surface area contributed by atoms with Crippen LogP contribution >= 0.6 is 11.6 Å². The molecule has 3 N–H and O–H groups in total. The van der Waals surface area contributed by atoms with Gasteiger partial charge in [0.2, 0.25) is 0 Å². The number of hydrogen-bond donors (Lipinski definition) is 2. The van der Waals surface area contributed by atoms with Crippen LogP contribution in [-0.2, 0) is 0 Å². The van der Waals surface area contributed by atoms with Crippen LogP contribution in [0, 0.1) is 13.8 Å². The number of nitrogens with two attached hydrogens (primary N) is 1.